The van der Waals surface area contributed by atoms with Crippen molar-refractivity contribution in [1.82, 2.24) is 25.6 Å². The van der Waals surface area contributed by atoms with Gasteiger partial charge in [0.1, 0.15) is 17.6 Å². The van der Waals surface area contributed by atoms with Crippen LogP contribution >= 0.6 is 0 Å². The van der Waals surface area contributed by atoms with E-state index >= 15 is 0 Å². The summed E-state index contributed by atoms with van der Waals surface area (Å²) in [4.78, 5) is 56.0. The van der Waals surface area contributed by atoms with Gasteiger partial charge in [0.25, 0.3) is 15.9 Å². The Balaban J connectivity index is 1.90. The van der Waals surface area contributed by atoms with Gasteiger partial charge in [0, 0.05) is 18.0 Å². The molecule has 2 aliphatic rings. The van der Waals surface area contributed by atoms with Crippen molar-refractivity contribution in [1.29, 1.82) is 0 Å². The largest absolute Gasteiger partial charge is 0.339 e. The van der Waals surface area contributed by atoms with Crippen LogP contribution in [0.1, 0.15) is 74.7 Å². The van der Waals surface area contributed by atoms with Gasteiger partial charge in [-0.05, 0) is 69.4 Å². The highest BCUT2D eigenvalue weighted by molar-refractivity contribution is 7.90. The normalized spacial score (nSPS) is 24.3. The number of urea groups is 1. The number of sulfonamides is 1. The summed E-state index contributed by atoms with van der Waals surface area (Å²) < 4.78 is 28.0. The van der Waals surface area contributed by atoms with Gasteiger partial charge in [0.2, 0.25) is 11.8 Å². The molecule has 44 heavy (non-hydrogen) atoms. The predicted octanol–water partition coefficient (Wildman–Crippen LogP) is 3.33. The maximum Gasteiger partial charge on any atom is 0.315 e. The number of nitrogens with one attached hydrogen (secondary N) is 4. The molecule has 3 rings (SSSR count). The Labute approximate surface area is 262 Å². The lowest BCUT2D eigenvalue weighted by Gasteiger charge is -2.37. The molecule has 3 unspecified atom stereocenters. The first-order valence-corrected chi connectivity index (χ1v) is 16.7. The standard InChI is InChI=1S/C32H49N5O6S/c1-10-22-19-32(22,28(40)36-44(42,43)23-14-12-11-13-15-23)34-26(38)24-21(18-20(2)3)16-17-37(24)27(39)25(30(4,5)6)33-29(41)35-31(7,8)9/h10-15,20-22,24-25H,1,16-19H2,2-9H3,(H,34,38)(H,36,40)(H2,33,35,41)/t21-,22?,24?,25?,32-/m1/s1. The SMILES string of the molecule is C=CC1C[C@]1(NC(=O)C1[C@@H](CC(C)C)CCN1C(=O)C(NC(=O)NC(C)(C)C)C(C)(C)C)C(=O)NS(=O)(=O)c1ccccc1. The Kier molecular flexibility index (Phi) is 10.3. The number of nitrogens with zero attached hydrogens (tertiary/aromatic N) is 1. The summed E-state index contributed by atoms with van der Waals surface area (Å²) in [5, 5.41) is 8.49. The van der Waals surface area contributed by atoms with Crippen molar-refractivity contribution in [3.8, 4) is 0 Å². The van der Waals surface area contributed by atoms with Gasteiger partial charge in [-0.3, -0.25) is 14.4 Å². The number of carbonyl (C=O) groups is 4. The summed E-state index contributed by atoms with van der Waals surface area (Å²) in [6.45, 7) is 19.2. The van der Waals surface area contributed by atoms with Crippen LogP contribution < -0.4 is 20.7 Å². The van der Waals surface area contributed by atoms with E-state index in [9.17, 15) is 27.6 Å². The molecule has 11 nitrogen and oxygen atoms in total. The van der Waals surface area contributed by atoms with Crippen molar-refractivity contribution in [2.24, 2.45) is 23.2 Å². The van der Waals surface area contributed by atoms with Crippen molar-refractivity contribution in [2.45, 2.75) is 103 Å². The fourth-order valence-electron chi connectivity index (χ4n) is 5.83. The number of carbonyl (C=O) groups excluding carboxylic acids is 4. The topological polar surface area (TPSA) is 154 Å². The number of hydrogen-bond donors (Lipinski definition) is 4. The highest BCUT2D eigenvalue weighted by Crippen LogP contribution is 2.45. The van der Waals surface area contributed by atoms with Gasteiger partial charge >= 0.3 is 6.03 Å². The zero-order chi connectivity index (χ0) is 33.3. The lowest BCUT2D eigenvalue weighted by atomic mass is 9.85. The first kappa shape index (κ1) is 35.1. The van der Waals surface area contributed by atoms with Gasteiger partial charge in [-0.1, -0.05) is 58.9 Å². The molecule has 5 atom stereocenters. The van der Waals surface area contributed by atoms with Crippen LogP contribution in [-0.2, 0) is 24.4 Å². The molecule has 1 aliphatic heterocycles. The molecule has 0 aromatic heterocycles. The van der Waals surface area contributed by atoms with E-state index in [1.807, 2.05) is 55.4 Å². The van der Waals surface area contributed by atoms with E-state index in [0.29, 0.717) is 19.4 Å². The van der Waals surface area contributed by atoms with Gasteiger partial charge in [-0.15, -0.1) is 6.58 Å². The van der Waals surface area contributed by atoms with Crippen LogP contribution in [-0.4, -0.2) is 66.8 Å². The number of benzene rings is 1. The summed E-state index contributed by atoms with van der Waals surface area (Å²) in [5.74, 6) is -2.24. The van der Waals surface area contributed by atoms with Crippen LogP contribution in [0.2, 0.25) is 0 Å². The molecule has 2 fully saturated rings. The second-order valence-corrected chi connectivity index (χ2v) is 16.2. The van der Waals surface area contributed by atoms with Crippen molar-refractivity contribution in [3.05, 3.63) is 43.0 Å². The molecule has 0 bridgehead atoms. The maximum absolute atomic E-state index is 14.1. The fraction of sp³-hybridized carbons (Fsp3) is 0.625. The van der Waals surface area contributed by atoms with Crippen molar-refractivity contribution < 1.29 is 27.6 Å². The second-order valence-electron chi connectivity index (χ2n) is 14.6. The molecule has 4 N–H and O–H groups in total. The predicted molar refractivity (Wildman–Crippen MR) is 169 cm³/mol. The first-order valence-electron chi connectivity index (χ1n) is 15.2. The van der Waals surface area contributed by atoms with Crippen molar-refractivity contribution in [3.63, 3.8) is 0 Å². The number of amides is 5. The molecule has 1 saturated carbocycles. The molecule has 1 aromatic carbocycles. The molecule has 12 heteroatoms. The highest BCUT2D eigenvalue weighted by atomic mass is 32.2. The molecule has 5 amide bonds. The quantitative estimate of drug-likeness (QED) is 0.291. The van der Waals surface area contributed by atoms with E-state index in [1.54, 1.807) is 18.2 Å². The Morgan fingerprint density at radius 1 is 1.07 bits per heavy atom. The van der Waals surface area contributed by atoms with Gasteiger partial charge < -0.3 is 20.9 Å². The Hall–Kier alpha value is -3.41. The van der Waals surface area contributed by atoms with Gasteiger partial charge in [-0.25, -0.2) is 17.9 Å². The third-order valence-corrected chi connectivity index (χ3v) is 9.40. The Bertz CT molecular complexity index is 1370. The lowest BCUT2D eigenvalue weighted by molar-refractivity contribution is -0.143. The number of likely N-dealkylation sites (tertiary alicyclic amines) is 1. The smallest absolute Gasteiger partial charge is 0.315 e. The van der Waals surface area contributed by atoms with Crippen LogP contribution in [0.4, 0.5) is 4.79 Å². The molecule has 0 spiro atoms. The number of rotatable bonds is 10. The monoisotopic (exact) mass is 631 g/mol. The molecular formula is C32H49N5O6S. The van der Waals surface area contributed by atoms with Crippen LogP contribution in [0.3, 0.4) is 0 Å². The van der Waals surface area contributed by atoms with Crippen LogP contribution in [0, 0.1) is 23.2 Å². The van der Waals surface area contributed by atoms with Crippen molar-refractivity contribution in [2.75, 3.05) is 6.54 Å². The fourth-order valence-corrected chi connectivity index (χ4v) is 6.89. The summed E-state index contributed by atoms with van der Waals surface area (Å²) in [7, 11) is -4.19. The third-order valence-electron chi connectivity index (χ3n) is 8.06. The highest BCUT2D eigenvalue weighted by Gasteiger charge is 2.61. The van der Waals surface area contributed by atoms with Gasteiger partial charge in [0.15, 0.2) is 0 Å². The molecule has 0 radical (unpaired) electrons. The number of hydrogen-bond acceptors (Lipinski definition) is 6. The van der Waals surface area contributed by atoms with E-state index in [2.05, 4.69) is 27.3 Å². The third kappa shape index (κ3) is 8.19. The minimum Gasteiger partial charge on any atom is -0.339 e. The van der Waals surface area contributed by atoms with Crippen molar-refractivity contribution >= 4 is 33.8 Å². The summed E-state index contributed by atoms with van der Waals surface area (Å²) >= 11 is 0. The van der Waals surface area contributed by atoms with Gasteiger partial charge in [-0.2, -0.15) is 0 Å². The minimum atomic E-state index is -4.19. The van der Waals surface area contributed by atoms with Crippen LogP contribution in [0.15, 0.2) is 47.9 Å². The summed E-state index contributed by atoms with van der Waals surface area (Å²) in [6, 6.07) is 5.16. The zero-order valence-corrected chi connectivity index (χ0v) is 28.0. The average molecular weight is 632 g/mol. The van der Waals surface area contributed by atoms with E-state index < -0.39 is 68.3 Å². The van der Waals surface area contributed by atoms with E-state index in [4.69, 9.17) is 0 Å². The molecule has 244 valence electrons. The molecule has 1 aromatic rings. The molecule has 1 aliphatic carbocycles. The lowest BCUT2D eigenvalue weighted by Crippen LogP contribution is -2.62. The summed E-state index contributed by atoms with van der Waals surface area (Å²) in [6.07, 6.45) is 2.92. The molecule has 1 heterocycles. The summed E-state index contributed by atoms with van der Waals surface area (Å²) in [5.41, 5.74) is -2.72. The zero-order valence-electron chi connectivity index (χ0n) is 27.2. The second kappa shape index (κ2) is 12.9. The van der Waals surface area contributed by atoms with Crippen LogP contribution in [0.5, 0.6) is 0 Å². The molecular weight excluding hydrogens is 582 g/mol. The maximum atomic E-state index is 14.1. The molecule has 1 saturated heterocycles. The van der Waals surface area contributed by atoms with E-state index in [0.717, 1.165) is 0 Å². The van der Waals surface area contributed by atoms with E-state index in [-0.39, 0.29) is 23.2 Å². The van der Waals surface area contributed by atoms with Gasteiger partial charge in [0.05, 0.1) is 4.90 Å². The minimum absolute atomic E-state index is 0.0774. The Morgan fingerprint density at radius 3 is 2.18 bits per heavy atom. The Morgan fingerprint density at radius 2 is 1.68 bits per heavy atom. The van der Waals surface area contributed by atoms with E-state index in [1.165, 1.54) is 23.1 Å². The average Bonchev–Trinajstić information content (AvgIpc) is 3.45. The van der Waals surface area contributed by atoms with Crippen LogP contribution in [0.25, 0.3) is 0 Å². The first-order chi connectivity index (χ1) is 20.2.